The van der Waals surface area contributed by atoms with Crippen molar-refractivity contribution in [2.75, 3.05) is 38.1 Å². The van der Waals surface area contributed by atoms with Gasteiger partial charge in [0.05, 0.1) is 0 Å². The summed E-state index contributed by atoms with van der Waals surface area (Å²) in [5.74, 6) is 1.12. The Morgan fingerprint density at radius 2 is 1.93 bits per heavy atom. The maximum Gasteiger partial charge on any atom is 0.164 e. The summed E-state index contributed by atoms with van der Waals surface area (Å²) in [4.78, 5) is 9.24. The largest absolute Gasteiger partial charge is 0.354 e. The maximum atomic E-state index is 4.53. The summed E-state index contributed by atoms with van der Waals surface area (Å²) in [5, 5.41) is 0. The Hall–Kier alpha value is -1.03. The summed E-state index contributed by atoms with van der Waals surface area (Å²) in [7, 11) is 4.21. The van der Waals surface area contributed by atoms with Crippen molar-refractivity contribution >= 4 is 19.3 Å². The summed E-state index contributed by atoms with van der Waals surface area (Å²) in [6, 6.07) is 6.22. The van der Waals surface area contributed by atoms with Crippen LogP contribution in [0.4, 0.5) is 5.82 Å². The van der Waals surface area contributed by atoms with E-state index in [1.54, 1.807) is 0 Å². The molecule has 4 heteroatoms. The highest BCUT2D eigenvalue weighted by Crippen LogP contribution is 2.10. The third kappa shape index (κ3) is 2.07. The number of piperazine rings is 1. The molecule has 3 nitrogen and oxygen atoms in total. The van der Waals surface area contributed by atoms with E-state index in [1.165, 1.54) is 0 Å². The van der Waals surface area contributed by atoms with E-state index in [0.717, 1.165) is 37.6 Å². The fourth-order valence-electron chi connectivity index (χ4n) is 1.74. The molecule has 1 fully saturated rings. The van der Waals surface area contributed by atoms with E-state index in [-0.39, 0.29) is 0 Å². The minimum absolute atomic E-state index is 1.09. The SMILES string of the molecule is Bc1cccc(N2CCN(C)CC2)n1. The van der Waals surface area contributed by atoms with Crippen LogP contribution in [0, 0.1) is 0 Å². The molecule has 0 bridgehead atoms. The number of hydrogen-bond donors (Lipinski definition) is 0. The van der Waals surface area contributed by atoms with Crippen LogP contribution in [0.15, 0.2) is 18.2 Å². The summed E-state index contributed by atoms with van der Waals surface area (Å²) >= 11 is 0. The molecular formula is C10H16BN3. The molecule has 0 saturated carbocycles. The zero-order valence-corrected chi connectivity index (χ0v) is 8.90. The minimum Gasteiger partial charge on any atom is -0.354 e. The van der Waals surface area contributed by atoms with Crippen LogP contribution in [-0.2, 0) is 0 Å². The molecular weight excluding hydrogens is 173 g/mol. The second kappa shape index (κ2) is 4.01. The molecule has 0 N–H and O–H groups in total. The number of pyridine rings is 1. The topological polar surface area (TPSA) is 19.4 Å². The predicted molar refractivity (Wildman–Crippen MR) is 62.1 cm³/mol. The fraction of sp³-hybridized carbons (Fsp3) is 0.500. The molecule has 0 amide bonds. The molecule has 2 rings (SSSR count). The van der Waals surface area contributed by atoms with Gasteiger partial charge in [0, 0.05) is 26.2 Å². The first-order chi connectivity index (χ1) is 6.75. The summed E-state index contributed by atoms with van der Waals surface area (Å²) in [6.45, 7) is 4.45. The van der Waals surface area contributed by atoms with Crippen LogP contribution in [0.1, 0.15) is 0 Å². The maximum absolute atomic E-state index is 4.53. The number of nitrogens with zero attached hydrogens (tertiary/aromatic N) is 3. The second-order valence-electron chi connectivity index (χ2n) is 3.93. The summed E-state index contributed by atoms with van der Waals surface area (Å²) in [5.41, 5.74) is 1.10. The van der Waals surface area contributed by atoms with Crippen LogP contribution < -0.4 is 10.5 Å². The third-order valence-electron chi connectivity index (χ3n) is 2.70. The zero-order valence-electron chi connectivity index (χ0n) is 8.90. The van der Waals surface area contributed by atoms with Gasteiger partial charge in [-0.2, -0.15) is 0 Å². The van der Waals surface area contributed by atoms with Gasteiger partial charge in [-0.15, -0.1) is 0 Å². The van der Waals surface area contributed by atoms with Crippen LogP contribution in [0.5, 0.6) is 0 Å². The first-order valence-electron chi connectivity index (χ1n) is 5.13. The van der Waals surface area contributed by atoms with E-state index in [1.807, 2.05) is 13.9 Å². The van der Waals surface area contributed by atoms with E-state index in [9.17, 15) is 0 Å². The molecule has 1 aromatic rings. The highest BCUT2D eigenvalue weighted by Gasteiger charge is 2.14. The van der Waals surface area contributed by atoms with E-state index < -0.39 is 0 Å². The standard InChI is InChI=1S/C10H16BN3/c1-13-5-7-14(8-6-13)10-4-2-3-9(11)12-10/h2-4H,5-8,11H2,1H3. The lowest BCUT2D eigenvalue weighted by Gasteiger charge is -2.33. The van der Waals surface area contributed by atoms with Gasteiger partial charge in [0.15, 0.2) is 7.85 Å². The first kappa shape index (κ1) is 9.53. The van der Waals surface area contributed by atoms with Gasteiger partial charge < -0.3 is 9.80 Å². The molecule has 74 valence electrons. The zero-order chi connectivity index (χ0) is 9.97. The van der Waals surface area contributed by atoms with Crippen molar-refractivity contribution in [3.8, 4) is 0 Å². The highest BCUT2D eigenvalue weighted by molar-refractivity contribution is 6.30. The normalized spacial score (nSPS) is 18.5. The quantitative estimate of drug-likeness (QED) is 0.533. The van der Waals surface area contributed by atoms with Gasteiger partial charge in [0.2, 0.25) is 0 Å². The van der Waals surface area contributed by atoms with Crippen molar-refractivity contribution < 1.29 is 0 Å². The van der Waals surface area contributed by atoms with Crippen molar-refractivity contribution in [2.24, 2.45) is 0 Å². The molecule has 14 heavy (non-hydrogen) atoms. The second-order valence-corrected chi connectivity index (χ2v) is 3.93. The molecule has 0 radical (unpaired) electrons. The Morgan fingerprint density at radius 3 is 2.57 bits per heavy atom. The molecule has 0 spiro atoms. The van der Waals surface area contributed by atoms with Gasteiger partial charge in [0.1, 0.15) is 5.82 Å². The van der Waals surface area contributed by atoms with Crippen molar-refractivity contribution in [3.05, 3.63) is 18.2 Å². The average Bonchev–Trinajstić information content (AvgIpc) is 2.19. The van der Waals surface area contributed by atoms with E-state index in [2.05, 4.69) is 34.0 Å². The van der Waals surface area contributed by atoms with E-state index in [4.69, 9.17) is 0 Å². The van der Waals surface area contributed by atoms with Crippen LogP contribution in [0.25, 0.3) is 0 Å². The monoisotopic (exact) mass is 189 g/mol. The van der Waals surface area contributed by atoms with E-state index in [0.29, 0.717) is 0 Å². The molecule has 0 aromatic carbocycles. The van der Waals surface area contributed by atoms with Crippen molar-refractivity contribution in [2.45, 2.75) is 0 Å². The number of anilines is 1. The Balaban J connectivity index is 2.08. The number of likely N-dealkylation sites (N-methyl/N-ethyl adjacent to an activating group) is 1. The Bertz CT molecular complexity index is 308. The van der Waals surface area contributed by atoms with Crippen LogP contribution >= 0.6 is 0 Å². The first-order valence-corrected chi connectivity index (χ1v) is 5.13. The molecule has 1 aliphatic heterocycles. The Labute approximate surface area is 86.1 Å². The van der Waals surface area contributed by atoms with Crippen LogP contribution in [0.3, 0.4) is 0 Å². The fourth-order valence-corrected chi connectivity index (χ4v) is 1.74. The molecule has 2 heterocycles. The third-order valence-corrected chi connectivity index (χ3v) is 2.70. The van der Waals surface area contributed by atoms with Gasteiger partial charge in [0.25, 0.3) is 0 Å². The molecule has 1 aliphatic rings. The molecule has 0 atom stereocenters. The van der Waals surface area contributed by atoms with Gasteiger partial charge in [-0.1, -0.05) is 12.1 Å². The van der Waals surface area contributed by atoms with Crippen LogP contribution in [0.2, 0.25) is 0 Å². The average molecular weight is 189 g/mol. The molecule has 0 unspecified atom stereocenters. The van der Waals surface area contributed by atoms with Crippen LogP contribution in [-0.4, -0.2) is 51.0 Å². The summed E-state index contributed by atoms with van der Waals surface area (Å²) < 4.78 is 0. The lowest BCUT2D eigenvalue weighted by atomic mass is 10.0. The molecule has 0 aliphatic carbocycles. The minimum atomic E-state index is 1.09. The highest BCUT2D eigenvalue weighted by atomic mass is 15.3. The predicted octanol–water partition coefficient (Wildman–Crippen LogP) is -0.908. The number of hydrogen-bond acceptors (Lipinski definition) is 3. The van der Waals surface area contributed by atoms with Gasteiger partial charge in [-0.05, 0) is 18.7 Å². The Kier molecular flexibility index (Phi) is 2.73. The van der Waals surface area contributed by atoms with Gasteiger partial charge in [-0.25, -0.2) is 4.98 Å². The molecule has 1 saturated heterocycles. The lowest BCUT2D eigenvalue weighted by molar-refractivity contribution is 0.312. The van der Waals surface area contributed by atoms with Crippen molar-refractivity contribution in [1.82, 2.24) is 9.88 Å². The lowest BCUT2D eigenvalue weighted by Crippen LogP contribution is -2.45. The van der Waals surface area contributed by atoms with Crippen molar-refractivity contribution in [3.63, 3.8) is 0 Å². The number of rotatable bonds is 1. The van der Waals surface area contributed by atoms with E-state index >= 15 is 0 Å². The molecule has 1 aromatic heterocycles. The van der Waals surface area contributed by atoms with Gasteiger partial charge >= 0.3 is 0 Å². The van der Waals surface area contributed by atoms with Crippen molar-refractivity contribution in [1.29, 1.82) is 0 Å². The number of aromatic nitrogens is 1. The van der Waals surface area contributed by atoms with Gasteiger partial charge in [-0.3, -0.25) is 0 Å². The Morgan fingerprint density at radius 1 is 1.21 bits per heavy atom. The smallest absolute Gasteiger partial charge is 0.164 e. The summed E-state index contributed by atoms with van der Waals surface area (Å²) in [6.07, 6.45) is 0.